The van der Waals surface area contributed by atoms with Crippen molar-refractivity contribution in [2.75, 3.05) is 32.7 Å². The average molecular weight is 427 g/mol. The molecule has 160 valence electrons. The Morgan fingerprint density at radius 1 is 1.03 bits per heavy atom. The number of piperazine rings is 1. The summed E-state index contributed by atoms with van der Waals surface area (Å²) in [6.45, 7) is 4.01. The highest BCUT2D eigenvalue weighted by Gasteiger charge is 2.24. The van der Waals surface area contributed by atoms with Gasteiger partial charge in [0.2, 0.25) is 11.8 Å². The number of thiazole rings is 1. The predicted octanol–water partition coefficient (Wildman–Crippen LogP) is 3.15. The Labute approximate surface area is 182 Å². The Bertz CT molecular complexity index is 840. The molecule has 0 unspecified atom stereocenters. The lowest BCUT2D eigenvalue weighted by atomic mass is 9.89. The first-order valence-electron chi connectivity index (χ1n) is 11.0. The van der Waals surface area contributed by atoms with Gasteiger partial charge >= 0.3 is 0 Å². The third-order valence-electron chi connectivity index (χ3n) is 6.07. The molecule has 1 saturated heterocycles. The summed E-state index contributed by atoms with van der Waals surface area (Å²) in [5, 5.41) is 6.04. The van der Waals surface area contributed by atoms with Crippen molar-refractivity contribution in [2.24, 2.45) is 5.92 Å². The molecule has 6 nitrogen and oxygen atoms in total. The Balaban J connectivity index is 1.20. The van der Waals surface area contributed by atoms with E-state index in [2.05, 4.69) is 27.7 Å². The van der Waals surface area contributed by atoms with E-state index < -0.39 is 0 Å². The molecular weight excluding hydrogens is 396 g/mol. The molecule has 0 atom stereocenters. The van der Waals surface area contributed by atoms with E-state index in [-0.39, 0.29) is 24.3 Å². The third kappa shape index (κ3) is 5.46. The Morgan fingerprint density at radius 3 is 2.50 bits per heavy atom. The fourth-order valence-corrected chi connectivity index (χ4v) is 5.08. The van der Waals surface area contributed by atoms with Gasteiger partial charge in [0.15, 0.2) is 0 Å². The van der Waals surface area contributed by atoms with Crippen LogP contribution in [0.4, 0.5) is 0 Å². The maximum Gasteiger partial charge on any atom is 0.242 e. The number of hydrogen-bond acceptors (Lipinski definition) is 5. The molecule has 0 spiro atoms. The lowest BCUT2D eigenvalue weighted by Gasteiger charge is -2.34. The van der Waals surface area contributed by atoms with Gasteiger partial charge in [-0.15, -0.1) is 11.3 Å². The summed E-state index contributed by atoms with van der Waals surface area (Å²) in [6.07, 6.45) is 5.39. The van der Waals surface area contributed by atoms with Gasteiger partial charge in [0.25, 0.3) is 0 Å². The molecule has 1 aliphatic carbocycles. The first-order valence-corrected chi connectivity index (χ1v) is 11.8. The zero-order chi connectivity index (χ0) is 20.8. The monoisotopic (exact) mass is 426 g/mol. The number of nitrogens with zero attached hydrogens (tertiary/aromatic N) is 3. The lowest BCUT2D eigenvalue weighted by molar-refractivity contribution is -0.135. The van der Waals surface area contributed by atoms with Crippen LogP contribution in [0.5, 0.6) is 0 Å². The smallest absolute Gasteiger partial charge is 0.242 e. The predicted molar refractivity (Wildman–Crippen MR) is 119 cm³/mol. The maximum absolute atomic E-state index is 12.5. The molecule has 0 radical (unpaired) electrons. The van der Waals surface area contributed by atoms with E-state index in [0.717, 1.165) is 61.6 Å². The molecule has 2 heterocycles. The van der Waals surface area contributed by atoms with E-state index in [4.69, 9.17) is 4.98 Å². The van der Waals surface area contributed by atoms with Gasteiger partial charge in [0.1, 0.15) is 5.01 Å². The van der Waals surface area contributed by atoms with E-state index in [9.17, 15) is 9.59 Å². The minimum atomic E-state index is 0.0267. The van der Waals surface area contributed by atoms with Crippen molar-refractivity contribution < 1.29 is 9.59 Å². The number of hydrogen-bond donors (Lipinski definition) is 1. The van der Waals surface area contributed by atoms with Crippen LogP contribution in [0.1, 0.15) is 37.8 Å². The number of rotatable bonds is 6. The molecular formula is C23H30N4O2S. The fourth-order valence-electron chi connectivity index (χ4n) is 4.26. The van der Waals surface area contributed by atoms with Crippen molar-refractivity contribution in [3.8, 4) is 10.6 Å². The quantitative estimate of drug-likeness (QED) is 0.771. The molecule has 1 saturated carbocycles. The second kappa shape index (κ2) is 10.2. The normalized spacial score (nSPS) is 18.3. The fraction of sp³-hybridized carbons (Fsp3) is 0.522. The molecule has 7 heteroatoms. The van der Waals surface area contributed by atoms with Crippen LogP contribution < -0.4 is 5.32 Å². The maximum atomic E-state index is 12.5. The number of carbonyl (C=O) groups is 2. The first-order chi connectivity index (χ1) is 14.7. The van der Waals surface area contributed by atoms with Crippen molar-refractivity contribution in [1.29, 1.82) is 0 Å². The number of benzene rings is 1. The van der Waals surface area contributed by atoms with E-state index in [1.165, 1.54) is 6.42 Å². The molecule has 4 rings (SSSR count). The molecule has 1 N–H and O–H groups in total. The van der Waals surface area contributed by atoms with E-state index in [1.807, 2.05) is 23.1 Å². The van der Waals surface area contributed by atoms with Crippen LogP contribution in [0.2, 0.25) is 0 Å². The summed E-state index contributed by atoms with van der Waals surface area (Å²) >= 11 is 1.68. The zero-order valence-corrected chi connectivity index (χ0v) is 18.2. The Hall–Kier alpha value is -2.25. The average Bonchev–Trinajstić information content (AvgIpc) is 3.27. The molecule has 2 amide bonds. The van der Waals surface area contributed by atoms with Gasteiger partial charge in [-0.1, -0.05) is 49.6 Å². The van der Waals surface area contributed by atoms with Crippen molar-refractivity contribution in [3.05, 3.63) is 41.4 Å². The van der Waals surface area contributed by atoms with Crippen molar-refractivity contribution in [1.82, 2.24) is 20.1 Å². The molecule has 1 aromatic carbocycles. The molecule has 0 bridgehead atoms. The van der Waals surface area contributed by atoms with Crippen molar-refractivity contribution in [2.45, 2.75) is 38.6 Å². The van der Waals surface area contributed by atoms with Gasteiger partial charge in [-0.3, -0.25) is 14.5 Å². The topological polar surface area (TPSA) is 65.5 Å². The van der Waals surface area contributed by atoms with Gasteiger partial charge in [0, 0.05) is 49.6 Å². The van der Waals surface area contributed by atoms with E-state index in [0.29, 0.717) is 13.1 Å². The summed E-state index contributed by atoms with van der Waals surface area (Å²) in [5.41, 5.74) is 2.23. The van der Waals surface area contributed by atoms with Crippen LogP contribution in [0.15, 0.2) is 35.7 Å². The number of aromatic nitrogens is 1. The minimum absolute atomic E-state index is 0.0267. The molecule has 1 aromatic heterocycles. The summed E-state index contributed by atoms with van der Waals surface area (Å²) in [7, 11) is 0. The van der Waals surface area contributed by atoms with Gasteiger partial charge in [-0.25, -0.2) is 4.98 Å². The van der Waals surface area contributed by atoms with Gasteiger partial charge in [-0.2, -0.15) is 0 Å². The highest BCUT2D eigenvalue weighted by molar-refractivity contribution is 7.13. The van der Waals surface area contributed by atoms with E-state index >= 15 is 0 Å². The van der Waals surface area contributed by atoms with Gasteiger partial charge in [0.05, 0.1) is 12.2 Å². The second-order valence-corrected chi connectivity index (χ2v) is 9.08. The zero-order valence-electron chi connectivity index (χ0n) is 17.4. The van der Waals surface area contributed by atoms with Crippen LogP contribution in [0, 0.1) is 5.92 Å². The lowest BCUT2D eigenvalue weighted by Crippen LogP contribution is -2.51. The van der Waals surface area contributed by atoms with Crippen LogP contribution in [-0.2, 0) is 16.1 Å². The van der Waals surface area contributed by atoms with Crippen molar-refractivity contribution in [3.63, 3.8) is 0 Å². The van der Waals surface area contributed by atoms with Crippen LogP contribution in [0.3, 0.4) is 0 Å². The molecule has 2 fully saturated rings. The number of carbonyl (C=O) groups excluding carboxylic acids is 2. The Morgan fingerprint density at radius 2 is 1.77 bits per heavy atom. The standard InChI is InChI=1S/C23H30N4O2S/c28-21(15-24-22(29)18-7-3-1-4-8-18)27-13-11-26(12-14-27)16-20-17-30-23(25-20)19-9-5-2-6-10-19/h2,5-6,9-10,17-18H,1,3-4,7-8,11-16H2,(H,24,29). The third-order valence-corrected chi connectivity index (χ3v) is 7.01. The molecule has 2 aliphatic rings. The molecule has 1 aliphatic heterocycles. The summed E-state index contributed by atoms with van der Waals surface area (Å²) in [6, 6.07) is 10.2. The van der Waals surface area contributed by atoms with Crippen LogP contribution in [-0.4, -0.2) is 59.3 Å². The summed E-state index contributed by atoms with van der Waals surface area (Å²) in [5.74, 6) is 0.181. The van der Waals surface area contributed by atoms with Crippen LogP contribution in [0.25, 0.3) is 10.6 Å². The number of amides is 2. The summed E-state index contributed by atoms with van der Waals surface area (Å²) < 4.78 is 0. The molecule has 30 heavy (non-hydrogen) atoms. The first kappa shape index (κ1) is 21.0. The highest BCUT2D eigenvalue weighted by Crippen LogP contribution is 2.24. The SMILES string of the molecule is O=C(NCC(=O)N1CCN(Cc2csc(-c3ccccc3)n2)CC1)C1CCCCC1. The number of nitrogens with one attached hydrogen (secondary N) is 1. The van der Waals surface area contributed by atoms with Crippen LogP contribution >= 0.6 is 11.3 Å². The van der Waals surface area contributed by atoms with Gasteiger partial charge in [-0.05, 0) is 12.8 Å². The summed E-state index contributed by atoms with van der Waals surface area (Å²) in [4.78, 5) is 33.7. The second-order valence-electron chi connectivity index (χ2n) is 8.22. The Kier molecular flexibility index (Phi) is 7.12. The largest absolute Gasteiger partial charge is 0.347 e. The van der Waals surface area contributed by atoms with E-state index in [1.54, 1.807) is 11.3 Å². The minimum Gasteiger partial charge on any atom is -0.347 e. The van der Waals surface area contributed by atoms with Crippen molar-refractivity contribution >= 4 is 23.2 Å². The molecule has 2 aromatic rings. The van der Waals surface area contributed by atoms with Gasteiger partial charge < -0.3 is 10.2 Å². The highest BCUT2D eigenvalue weighted by atomic mass is 32.1.